The van der Waals surface area contributed by atoms with Crippen molar-refractivity contribution in [2.75, 3.05) is 26.8 Å². The van der Waals surface area contributed by atoms with Crippen LogP contribution in [0.25, 0.3) is 6.08 Å². The van der Waals surface area contributed by atoms with Crippen molar-refractivity contribution in [3.05, 3.63) is 64.6 Å². The molecule has 0 atom stereocenters. The second kappa shape index (κ2) is 11.4. The molecular weight excluding hydrogens is 428 g/mol. The number of nitrogens with zero attached hydrogens (tertiary/aromatic N) is 1. The second-order valence-electron chi connectivity index (χ2n) is 7.01. The summed E-state index contributed by atoms with van der Waals surface area (Å²) < 4.78 is 10.8. The molecule has 0 bridgehead atoms. The van der Waals surface area contributed by atoms with Gasteiger partial charge in [0, 0.05) is 19.5 Å². The number of aryl methyl sites for hydroxylation is 1. The van der Waals surface area contributed by atoms with Crippen LogP contribution in [0.4, 0.5) is 4.79 Å². The summed E-state index contributed by atoms with van der Waals surface area (Å²) in [6, 6.07) is 15.1. The van der Waals surface area contributed by atoms with Gasteiger partial charge in [-0.1, -0.05) is 36.4 Å². The molecular formula is C24H26N2O5S. The molecule has 1 N–H and O–H groups in total. The summed E-state index contributed by atoms with van der Waals surface area (Å²) in [6.45, 7) is 2.74. The number of ether oxygens (including phenoxy) is 2. The molecule has 3 rings (SSSR count). The number of hydrogen-bond acceptors (Lipinski definition) is 6. The number of rotatable bonds is 10. The molecule has 1 aliphatic rings. The molecule has 1 aliphatic heterocycles. The van der Waals surface area contributed by atoms with E-state index in [-0.39, 0.29) is 30.1 Å². The van der Waals surface area contributed by atoms with Crippen LogP contribution in [0.15, 0.2) is 53.4 Å². The lowest BCUT2D eigenvalue weighted by Crippen LogP contribution is -2.37. The Morgan fingerprint density at radius 3 is 2.62 bits per heavy atom. The Kier molecular flexibility index (Phi) is 8.33. The fourth-order valence-electron chi connectivity index (χ4n) is 3.19. The number of benzene rings is 2. The molecule has 2 aromatic carbocycles. The summed E-state index contributed by atoms with van der Waals surface area (Å²) in [4.78, 5) is 38.5. The van der Waals surface area contributed by atoms with Crippen LogP contribution in [0.2, 0.25) is 0 Å². The molecule has 0 radical (unpaired) electrons. The van der Waals surface area contributed by atoms with E-state index in [2.05, 4.69) is 5.32 Å². The van der Waals surface area contributed by atoms with Crippen LogP contribution >= 0.6 is 11.8 Å². The minimum Gasteiger partial charge on any atom is -0.493 e. The van der Waals surface area contributed by atoms with E-state index in [1.54, 1.807) is 31.4 Å². The molecule has 0 unspecified atom stereocenters. The van der Waals surface area contributed by atoms with Crippen LogP contribution in [0.3, 0.4) is 0 Å². The summed E-state index contributed by atoms with van der Waals surface area (Å²) in [5, 5.41) is 2.43. The van der Waals surface area contributed by atoms with E-state index in [1.807, 2.05) is 37.3 Å². The first-order valence-corrected chi connectivity index (χ1v) is 11.2. The molecule has 168 valence electrons. The van der Waals surface area contributed by atoms with Crippen LogP contribution in [0.1, 0.15) is 24.5 Å². The molecule has 0 saturated carbocycles. The maximum absolute atomic E-state index is 12.7. The topological polar surface area (TPSA) is 84.9 Å². The Morgan fingerprint density at radius 1 is 1.12 bits per heavy atom. The van der Waals surface area contributed by atoms with E-state index < -0.39 is 0 Å². The smallest absolute Gasteiger partial charge is 0.293 e. The van der Waals surface area contributed by atoms with Gasteiger partial charge in [0.2, 0.25) is 5.91 Å². The molecule has 3 amide bonds. The van der Waals surface area contributed by atoms with Gasteiger partial charge < -0.3 is 14.8 Å². The summed E-state index contributed by atoms with van der Waals surface area (Å²) >= 11 is 0.885. The van der Waals surface area contributed by atoms with Gasteiger partial charge in [0.15, 0.2) is 11.5 Å². The molecule has 1 fully saturated rings. The van der Waals surface area contributed by atoms with Gasteiger partial charge in [-0.3, -0.25) is 19.3 Å². The van der Waals surface area contributed by atoms with Crippen molar-refractivity contribution in [2.24, 2.45) is 0 Å². The van der Waals surface area contributed by atoms with Crippen LogP contribution in [0, 0.1) is 0 Å². The number of carbonyl (C=O) groups excluding carboxylic acids is 3. The van der Waals surface area contributed by atoms with Crippen molar-refractivity contribution in [1.29, 1.82) is 0 Å². The van der Waals surface area contributed by atoms with Gasteiger partial charge in [-0.2, -0.15) is 0 Å². The van der Waals surface area contributed by atoms with Gasteiger partial charge in [0.05, 0.1) is 18.6 Å². The highest BCUT2D eigenvalue weighted by Gasteiger charge is 2.34. The van der Waals surface area contributed by atoms with Crippen molar-refractivity contribution in [2.45, 2.75) is 19.8 Å². The Bertz CT molecular complexity index is 1010. The number of hydrogen-bond donors (Lipinski definition) is 1. The van der Waals surface area contributed by atoms with Crippen molar-refractivity contribution in [3.63, 3.8) is 0 Å². The Balaban J connectivity index is 1.53. The highest BCUT2D eigenvalue weighted by Crippen LogP contribution is 2.34. The lowest BCUT2D eigenvalue weighted by Gasteiger charge is -2.13. The number of amides is 3. The van der Waals surface area contributed by atoms with Gasteiger partial charge in [-0.15, -0.1) is 0 Å². The van der Waals surface area contributed by atoms with E-state index in [1.165, 1.54) is 0 Å². The minimum absolute atomic E-state index is 0.113. The zero-order chi connectivity index (χ0) is 22.9. The SMILES string of the molecule is CCOc1ccc(/C=C2\SC(=O)N(CCNC(=O)CCc3ccccc3)C2=O)cc1OC. The molecule has 8 heteroatoms. The maximum Gasteiger partial charge on any atom is 0.293 e. The first kappa shape index (κ1) is 23.4. The predicted octanol–water partition coefficient (Wildman–Crippen LogP) is 3.88. The molecule has 2 aromatic rings. The first-order chi connectivity index (χ1) is 15.5. The molecule has 7 nitrogen and oxygen atoms in total. The highest BCUT2D eigenvalue weighted by atomic mass is 32.2. The average molecular weight is 455 g/mol. The number of methoxy groups -OCH3 is 1. The molecule has 0 aliphatic carbocycles. The van der Waals surface area contributed by atoms with Crippen molar-refractivity contribution in [3.8, 4) is 11.5 Å². The first-order valence-electron chi connectivity index (χ1n) is 10.4. The van der Waals surface area contributed by atoms with E-state index in [0.29, 0.717) is 35.9 Å². The third-order valence-electron chi connectivity index (χ3n) is 4.80. The predicted molar refractivity (Wildman–Crippen MR) is 125 cm³/mol. The Labute approximate surface area is 191 Å². The Morgan fingerprint density at radius 2 is 1.91 bits per heavy atom. The molecule has 1 saturated heterocycles. The number of nitrogens with one attached hydrogen (secondary N) is 1. The van der Waals surface area contributed by atoms with E-state index in [4.69, 9.17) is 9.47 Å². The summed E-state index contributed by atoms with van der Waals surface area (Å²) in [5.74, 6) is 0.686. The lowest BCUT2D eigenvalue weighted by molar-refractivity contribution is -0.124. The minimum atomic E-state index is -0.369. The van der Waals surface area contributed by atoms with Crippen LogP contribution in [-0.2, 0) is 16.0 Å². The van der Waals surface area contributed by atoms with E-state index in [9.17, 15) is 14.4 Å². The van der Waals surface area contributed by atoms with Crippen LogP contribution in [-0.4, -0.2) is 48.8 Å². The normalized spacial score (nSPS) is 14.7. The van der Waals surface area contributed by atoms with Gasteiger partial charge >= 0.3 is 0 Å². The standard InChI is InChI=1S/C24H26N2O5S/c1-3-31-19-11-9-18(15-20(19)30-2)16-21-23(28)26(24(29)32-21)14-13-25-22(27)12-10-17-7-5-4-6-8-17/h4-9,11,15-16H,3,10,12-14H2,1-2H3,(H,25,27)/b21-16-. The van der Waals surface area contributed by atoms with Crippen molar-refractivity contribution < 1.29 is 23.9 Å². The molecule has 32 heavy (non-hydrogen) atoms. The third-order valence-corrected chi connectivity index (χ3v) is 5.71. The zero-order valence-electron chi connectivity index (χ0n) is 18.1. The van der Waals surface area contributed by atoms with Crippen molar-refractivity contribution >= 4 is 34.9 Å². The maximum atomic E-state index is 12.7. The number of carbonyl (C=O) groups is 3. The number of thioether (sulfide) groups is 1. The van der Waals surface area contributed by atoms with E-state index in [0.717, 1.165) is 27.8 Å². The third kappa shape index (κ3) is 6.13. The number of imide groups is 1. The van der Waals surface area contributed by atoms with Gasteiger partial charge in [0.1, 0.15) is 0 Å². The van der Waals surface area contributed by atoms with Gasteiger partial charge in [-0.05, 0) is 54.4 Å². The fraction of sp³-hybridized carbons (Fsp3) is 0.292. The monoisotopic (exact) mass is 454 g/mol. The fourth-order valence-corrected chi connectivity index (χ4v) is 4.06. The van der Waals surface area contributed by atoms with Crippen LogP contribution in [0.5, 0.6) is 11.5 Å². The Hall–Kier alpha value is -3.26. The molecule has 0 aromatic heterocycles. The second-order valence-corrected chi connectivity index (χ2v) is 8.01. The molecule has 1 heterocycles. The van der Waals surface area contributed by atoms with Gasteiger partial charge in [-0.25, -0.2) is 0 Å². The van der Waals surface area contributed by atoms with Gasteiger partial charge in [0.25, 0.3) is 11.1 Å². The summed E-state index contributed by atoms with van der Waals surface area (Å²) in [5.41, 5.74) is 1.81. The van der Waals surface area contributed by atoms with Crippen LogP contribution < -0.4 is 14.8 Å². The highest BCUT2D eigenvalue weighted by molar-refractivity contribution is 8.18. The summed E-state index contributed by atoms with van der Waals surface area (Å²) in [7, 11) is 1.55. The summed E-state index contributed by atoms with van der Waals surface area (Å²) in [6.07, 6.45) is 2.65. The average Bonchev–Trinajstić information content (AvgIpc) is 3.06. The molecule has 0 spiro atoms. The zero-order valence-corrected chi connectivity index (χ0v) is 18.9. The lowest BCUT2D eigenvalue weighted by atomic mass is 10.1. The quantitative estimate of drug-likeness (QED) is 0.549. The van der Waals surface area contributed by atoms with Crippen molar-refractivity contribution in [1.82, 2.24) is 10.2 Å². The largest absolute Gasteiger partial charge is 0.493 e. The van der Waals surface area contributed by atoms with E-state index >= 15 is 0 Å².